The van der Waals surface area contributed by atoms with Gasteiger partial charge in [0.1, 0.15) is 0 Å². The molecule has 1 heterocycles. The van der Waals surface area contributed by atoms with E-state index in [1.807, 2.05) is 18.2 Å². The molecule has 3 N–H and O–H groups in total. The first kappa shape index (κ1) is 9.98. The second kappa shape index (κ2) is 3.55. The van der Waals surface area contributed by atoms with Gasteiger partial charge in [0, 0.05) is 17.6 Å². The molecule has 0 aliphatic heterocycles. The third kappa shape index (κ3) is 2.47. The van der Waals surface area contributed by atoms with Gasteiger partial charge in [-0.1, -0.05) is 0 Å². The van der Waals surface area contributed by atoms with Gasteiger partial charge in [-0.25, -0.2) is 0 Å². The number of anilines is 1. The molecule has 0 bridgehead atoms. The Morgan fingerprint density at radius 1 is 1.47 bits per heavy atom. The molecule has 0 amide bonds. The summed E-state index contributed by atoms with van der Waals surface area (Å²) in [6, 6.07) is 5.94. The second-order valence-corrected chi connectivity index (χ2v) is 4.34. The molecular weight excluding hydrogens is 190 g/mol. The van der Waals surface area contributed by atoms with Crippen LogP contribution in [0.25, 0.3) is 10.9 Å². The minimum Gasteiger partial charge on any atom is -0.389 e. The molecule has 1 aromatic heterocycles. The first-order chi connectivity index (χ1) is 7.04. The number of hydrogen-bond donors (Lipinski definition) is 3. The summed E-state index contributed by atoms with van der Waals surface area (Å²) in [5.41, 5.74) is 1.31. The Labute approximate surface area is 88.3 Å². The number of nitrogens with one attached hydrogen (secondary N) is 2. The summed E-state index contributed by atoms with van der Waals surface area (Å²) in [5.74, 6) is 0. The van der Waals surface area contributed by atoms with E-state index in [0.29, 0.717) is 6.54 Å². The number of fused-ring (bicyclic) bond motifs is 1. The molecule has 1 aromatic carbocycles. The van der Waals surface area contributed by atoms with Crippen molar-refractivity contribution in [1.29, 1.82) is 0 Å². The van der Waals surface area contributed by atoms with Crippen molar-refractivity contribution in [1.82, 2.24) is 10.2 Å². The zero-order valence-electron chi connectivity index (χ0n) is 8.91. The average Bonchev–Trinajstić information content (AvgIpc) is 2.60. The van der Waals surface area contributed by atoms with Crippen LogP contribution >= 0.6 is 0 Å². The number of nitrogens with zero attached hydrogens (tertiary/aromatic N) is 1. The summed E-state index contributed by atoms with van der Waals surface area (Å²) in [4.78, 5) is 0. The van der Waals surface area contributed by atoms with Crippen LogP contribution in [0.4, 0.5) is 5.69 Å². The lowest BCUT2D eigenvalue weighted by atomic mass is 10.1. The molecule has 80 valence electrons. The predicted octanol–water partition coefficient (Wildman–Crippen LogP) is 1.75. The summed E-state index contributed by atoms with van der Waals surface area (Å²) < 4.78 is 0. The SMILES string of the molecule is CC(C)(O)CNc1ccc2[nH]ncc2c1. The Balaban J connectivity index is 2.15. The quantitative estimate of drug-likeness (QED) is 0.715. The third-order valence-corrected chi connectivity index (χ3v) is 2.17. The highest BCUT2D eigenvalue weighted by Gasteiger charge is 2.11. The van der Waals surface area contributed by atoms with E-state index in [1.165, 1.54) is 0 Å². The van der Waals surface area contributed by atoms with E-state index in [-0.39, 0.29) is 0 Å². The van der Waals surface area contributed by atoms with Gasteiger partial charge in [0.15, 0.2) is 0 Å². The fourth-order valence-corrected chi connectivity index (χ4v) is 1.37. The topological polar surface area (TPSA) is 60.9 Å². The number of benzene rings is 1. The summed E-state index contributed by atoms with van der Waals surface area (Å²) in [7, 11) is 0. The van der Waals surface area contributed by atoms with Crippen LogP contribution in [0.3, 0.4) is 0 Å². The molecule has 0 fully saturated rings. The lowest BCUT2D eigenvalue weighted by molar-refractivity contribution is 0.0945. The molecule has 4 nitrogen and oxygen atoms in total. The van der Waals surface area contributed by atoms with Crippen LogP contribution in [-0.2, 0) is 0 Å². The van der Waals surface area contributed by atoms with Crippen LogP contribution in [0, 0.1) is 0 Å². The first-order valence-electron chi connectivity index (χ1n) is 4.94. The maximum atomic E-state index is 9.57. The van der Waals surface area contributed by atoms with Gasteiger partial charge in [0.05, 0.1) is 17.3 Å². The predicted molar refractivity (Wildman–Crippen MR) is 60.9 cm³/mol. The number of hydrogen-bond acceptors (Lipinski definition) is 3. The molecule has 0 saturated heterocycles. The molecule has 0 atom stereocenters. The van der Waals surface area contributed by atoms with E-state index in [9.17, 15) is 5.11 Å². The number of H-pyrrole nitrogens is 1. The molecule has 0 aliphatic carbocycles. The number of aliphatic hydroxyl groups is 1. The highest BCUT2D eigenvalue weighted by Crippen LogP contribution is 2.17. The van der Waals surface area contributed by atoms with Gasteiger partial charge in [-0.05, 0) is 32.0 Å². The summed E-state index contributed by atoms with van der Waals surface area (Å²) in [6.45, 7) is 4.07. The summed E-state index contributed by atoms with van der Waals surface area (Å²) in [5, 5.41) is 20.7. The monoisotopic (exact) mass is 205 g/mol. The highest BCUT2D eigenvalue weighted by molar-refractivity contribution is 5.81. The number of aromatic amines is 1. The van der Waals surface area contributed by atoms with Crippen LogP contribution in [0.5, 0.6) is 0 Å². The lowest BCUT2D eigenvalue weighted by Crippen LogP contribution is -2.29. The van der Waals surface area contributed by atoms with Crippen molar-refractivity contribution in [2.75, 3.05) is 11.9 Å². The summed E-state index contributed by atoms with van der Waals surface area (Å²) in [6.07, 6.45) is 1.78. The van der Waals surface area contributed by atoms with Gasteiger partial charge in [-0.2, -0.15) is 5.10 Å². The standard InChI is InChI=1S/C11H15N3O/c1-11(2,15)7-12-9-3-4-10-8(5-9)6-13-14-10/h3-6,12,15H,7H2,1-2H3,(H,13,14). The van der Waals surface area contributed by atoms with Crippen molar-refractivity contribution < 1.29 is 5.11 Å². The van der Waals surface area contributed by atoms with Crippen LogP contribution in [-0.4, -0.2) is 27.4 Å². The number of aromatic nitrogens is 2. The fourth-order valence-electron chi connectivity index (χ4n) is 1.37. The molecule has 2 aromatic rings. The lowest BCUT2D eigenvalue weighted by Gasteiger charge is -2.18. The molecule has 2 rings (SSSR count). The van der Waals surface area contributed by atoms with E-state index >= 15 is 0 Å². The van der Waals surface area contributed by atoms with Crippen molar-refractivity contribution in [2.45, 2.75) is 19.4 Å². The van der Waals surface area contributed by atoms with Gasteiger partial charge in [-0.3, -0.25) is 5.10 Å². The van der Waals surface area contributed by atoms with Crippen molar-refractivity contribution in [3.63, 3.8) is 0 Å². The van der Waals surface area contributed by atoms with E-state index in [1.54, 1.807) is 20.0 Å². The summed E-state index contributed by atoms with van der Waals surface area (Å²) >= 11 is 0. The molecule has 0 aliphatic rings. The zero-order chi connectivity index (χ0) is 10.9. The minimum absolute atomic E-state index is 0.524. The molecule has 0 spiro atoms. The molecule has 0 saturated carbocycles. The van der Waals surface area contributed by atoms with Crippen molar-refractivity contribution >= 4 is 16.6 Å². The van der Waals surface area contributed by atoms with E-state index in [2.05, 4.69) is 15.5 Å². The molecule has 15 heavy (non-hydrogen) atoms. The van der Waals surface area contributed by atoms with Gasteiger partial charge in [-0.15, -0.1) is 0 Å². The average molecular weight is 205 g/mol. The van der Waals surface area contributed by atoms with Gasteiger partial charge in [0.25, 0.3) is 0 Å². The van der Waals surface area contributed by atoms with E-state index < -0.39 is 5.60 Å². The van der Waals surface area contributed by atoms with Crippen LogP contribution in [0.2, 0.25) is 0 Å². The second-order valence-electron chi connectivity index (χ2n) is 4.34. The Bertz CT molecular complexity index is 456. The third-order valence-electron chi connectivity index (χ3n) is 2.17. The maximum Gasteiger partial charge on any atom is 0.0763 e. The van der Waals surface area contributed by atoms with Crippen LogP contribution in [0.1, 0.15) is 13.8 Å². The van der Waals surface area contributed by atoms with Crippen molar-refractivity contribution in [3.8, 4) is 0 Å². The van der Waals surface area contributed by atoms with Crippen LogP contribution in [0.15, 0.2) is 24.4 Å². The van der Waals surface area contributed by atoms with Crippen molar-refractivity contribution in [3.05, 3.63) is 24.4 Å². The maximum absolute atomic E-state index is 9.57. The van der Waals surface area contributed by atoms with Gasteiger partial charge >= 0.3 is 0 Å². The Morgan fingerprint density at radius 3 is 3.00 bits per heavy atom. The largest absolute Gasteiger partial charge is 0.389 e. The highest BCUT2D eigenvalue weighted by atomic mass is 16.3. The van der Waals surface area contributed by atoms with E-state index in [0.717, 1.165) is 16.6 Å². The van der Waals surface area contributed by atoms with Gasteiger partial charge in [0.2, 0.25) is 0 Å². The van der Waals surface area contributed by atoms with E-state index in [4.69, 9.17) is 0 Å². The Kier molecular flexibility index (Phi) is 2.36. The van der Waals surface area contributed by atoms with Gasteiger partial charge < -0.3 is 10.4 Å². The Hall–Kier alpha value is -1.55. The zero-order valence-corrected chi connectivity index (χ0v) is 8.91. The minimum atomic E-state index is -0.703. The van der Waals surface area contributed by atoms with Crippen molar-refractivity contribution in [2.24, 2.45) is 0 Å². The molecule has 0 radical (unpaired) electrons. The molecule has 4 heteroatoms. The molecule has 0 unspecified atom stereocenters. The Morgan fingerprint density at radius 2 is 2.27 bits per heavy atom. The smallest absolute Gasteiger partial charge is 0.0763 e. The normalized spacial score (nSPS) is 11.9. The molecular formula is C11H15N3O. The van der Waals surface area contributed by atoms with Crippen LogP contribution < -0.4 is 5.32 Å². The first-order valence-corrected chi connectivity index (χ1v) is 4.94. The fraction of sp³-hybridized carbons (Fsp3) is 0.364. The number of rotatable bonds is 3.